The van der Waals surface area contributed by atoms with Crippen LogP contribution in [0.2, 0.25) is 0 Å². The molecule has 1 saturated heterocycles. The Morgan fingerprint density at radius 1 is 0.962 bits per heavy atom. The average Bonchev–Trinajstić information content (AvgIpc) is 2.83. The van der Waals surface area contributed by atoms with Crippen molar-refractivity contribution in [2.45, 2.75) is 96.2 Å². The molecule has 0 aromatic carbocycles. The van der Waals surface area contributed by atoms with Crippen LogP contribution in [0.5, 0.6) is 0 Å². The molecule has 8 unspecified atom stereocenters. The number of methoxy groups -OCH3 is 1. The van der Waals surface area contributed by atoms with Gasteiger partial charge in [-0.3, -0.25) is 0 Å². The Labute approximate surface area is 166 Å². The fraction of sp³-hybridized carbons (Fsp3) is 1.00. The molecule has 0 spiro atoms. The van der Waals surface area contributed by atoms with Crippen LogP contribution in [-0.2, 0) is 14.2 Å². The number of aliphatic hydroxyl groups is 1. The third kappa shape index (κ3) is 5.38. The smallest absolute Gasteiger partial charge is 0.157 e. The van der Waals surface area contributed by atoms with Crippen LogP contribution in [-0.4, -0.2) is 43.4 Å². The lowest BCUT2D eigenvalue weighted by atomic mass is 9.66. The number of fused-ring (bicyclic) bond motifs is 1. The van der Waals surface area contributed by atoms with Gasteiger partial charge in [0.15, 0.2) is 6.29 Å². The SMILES string of the molecule is COC1CCCCC1OC(O)C(C)C1CCCC2CCC(C)OCC21.S. The van der Waals surface area contributed by atoms with Gasteiger partial charge in [0, 0.05) is 13.0 Å². The predicted molar refractivity (Wildman–Crippen MR) is 109 cm³/mol. The summed E-state index contributed by atoms with van der Waals surface area (Å²) in [4.78, 5) is 0. The van der Waals surface area contributed by atoms with E-state index in [0.29, 0.717) is 17.9 Å². The molecule has 0 radical (unpaired) electrons. The van der Waals surface area contributed by atoms with Crippen molar-refractivity contribution < 1.29 is 19.3 Å². The maximum absolute atomic E-state index is 10.8. The van der Waals surface area contributed by atoms with Gasteiger partial charge in [0.05, 0.1) is 24.9 Å². The lowest BCUT2D eigenvalue weighted by molar-refractivity contribution is -0.211. The molecule has 3 rings (SSSR count). The molecule has 1 aliphatic heterocycles. The summed E-state index contributed by atoms with van der Waals surface area (Å²) >= 11 is 0. The summed E-state index contributed by atoms with van der Waals surface area (Å²) in [5.74, 6) is 2.00. The lowest BCUT2D eigenvalue weighted by Gasteiger charge is -2.42. The van der Waals surface area contributed by atoms with E-state index in [0.717, 1.165) is 25.4 Å². The second-order valence-electron chi connectivity index (χ2n) is 8.72. The van der Waals surface area contributed by atoms with Gasteiger partial charge in [-0.1, -0.05) is 32.6 Å². The van der Waals surface area contributed by atoms with Crippen LogP contribution in [0.3, 0.4) is 0 Å². The molecule has 2 saturated carbocycles. The molecule has 0 aromatic rings. The topological polar surface area (TPSA) is 47.9 Å². The summed E-state index contributed by atoms with van der Waals surface area (Å²) in [6.45, 7) is 5.23. The normalized spacial score (nSPS) is 40.6. The molecule has 0 amide bonds. The molecule has 154 valence electrons. The summed E-state index contributed by atoms with van der Waals surface area (Å²) in [6, 6.07) is 0. The van der Waals surface area contributed by atoms with Gasteiger partial charge in [-0.05, 0) is 56.8 Å². The number of hydrogen-bond donors (Lipinski definition) is 1. The minimum absolute atomic E-state index is 0. The molecule has 1 heterocycles. The molecular weight excluding hydrogens is 348 g/mol. The Hall–Kier alpha value is 0.190. The second-order valence-corrected chi connectivity index (χ2v) is 8.72. The third-order valence-corrected chi connectivity index (χ3v) is 7.17. The van der Waals surface area contributed by atoms with Gasteiger partial charge in [-0.15, -0.1) is 0 Å². The van der Waals surface area contributed by atoms with Gasteiger partial charge in [0.1, 0.15) is 0 Å². The minimum Gasteiger partial charge on any atom is -0.379 e. The van der Waals surface area contributed by atoms with Gasteiger partial charge >= 0.3 is 0 Å². The third-order valence-electron chi connectivity index (χ3n) is 7.17. The van der Waals surface area contributed by atoms with Crippen LogP contribution in [0.25, 0.3) is 0 Å². The van der Waals surface area contributed by atoms with Gasteiger partial charge < -0.3 is 19.3 Å². The van der Waals surface area contributed by atoms with Crippen LogP contribution >= 0.6 is 13.5 Å². The minimum atomic E-state index is -0.690. The molecule has 26 heavy (non-hydrogen) atoms. The zero-order chi connectivity index (χ0) is 17.8. The second kappa shape index (κ2) is 10.7. The highest BCUT2D eigenvalue weighted by Gasteiger charge is 2.41. The zero-order valence-corrected chi connectivity index (χ0v) is 17.9. The van der Waals surface area contributed by atoms with Crippen molar-refractivity contribution in [1.82, 2.24) is 0 Å². The van der Waals surface area contributed by atoms with Crippen molar-refractivity contribution >= 4 is 13.5 Å². The first-order chi connectivity index (χ1) is 12.1. The van der Waals surface area contributed by atoms with Crippen molar-refractivity contribution in [3.05, 3.63) is 0 Å². The van der Waals surface area contributed by atoms with E-state index < -0.39 is 6.29 Å². The molecule has 0 bridgehead atoms. The molecule has 1 N–H and O–H groups in total. The largest absolute Gasteiger partial charge is 0.379 e. The number of hydrogen-bond acceptors (Lipinski definition) is 4. The van der Waals surface area contributed by atoms with Crippen LogP contribution in [0.1, 0.15) is 71.6 Å². The zero-order valence-electron chi connectivity index (χ0n) is 16.9. The molecular formula is C21H40O4S. The molecule has 0 aromatic heterocycles. The summed E-state index contributed by atoms with van der Waals surface area (Å²) in [5.41, 5.74) is 0. The standard InChI is InChI=1S/C21H38O4.H2S/c1-14-11-12-16-7-6-8-17(18(16)13-24-14)15(2)21(22)25-20-10-5-4-9-19(20)23-3;/h14-22H,4-13H2,1-3H3;1H2. The average molecular weight is 389 g/mol. The van der Waals surface area contributed by atoms with E-state index in [4.69, 9.17) is 14.2 Å². The maximum Gasteiger partial charge on any atom is 0.157 e. The highest BCUT2D eigenvalue weighted by atomic mass is 32.1. The van der Waals surface area contributed by atoms with E-state index in [1.54, 1.807) is 7.11 Å². The van der Waals surface area contributed by atoms with Crippen molar-refractivity contribution in [3.8, 4) is 0 Å². The van der Waals surface area contributed by atoms with Gasteiger partial charge in [0.25, 0.3) is 0 Å². The van der Waals surface area contributed by atoms with Crippen molar-refractivity contribution in [2.75, 3.05) is 13.7 Å². The van der Waals surface area contributed by atoms with Crippen LogP contribution in [0, 0.1) is 23.7 Å². The fourth-order valence-corrected chi connectivity index (χ4v) is 5.47. The molecule has 5 heteroatoms. The van der Waals surface area contributed by atoms with E-state index >= 15 is 0 Å². The predicted octanol–water partition coefficient (Wildman–Crippen LogP) is 4.26. The fourth-order valence-electron chi connectivity index (χ4n) is 5.47. The summed E-state index contributed by atoms with van der Waals surface area (Å²) < 4.78 is 17.8. The quantitative estimate of drug-likeness (QED) is 0.715. The first-order valence-corrected chi connectivity index (χ1v) is 10.6. The molecule has 3 fully saturated rings. The van der Waals surface area contributed by atoms with Crippen LogP contribution in [0.15, 0.2) is 0 Å². The summed E-state index contributed by atoms with van der Waals surface area (Å²) in [5, 5.41) is 10.8. The Kier molecular flexibility index (Phi) is 9.21. The number of rotatable bonds is 5. The van der Waals surface area contributed by atoms with Gasteiger partial charge in [-0.25, -0.2) is 0 Å². The number of ether oxygens (including phenoxy) is 3. The first-order valence-electron chi connectivity index (χ1n) is 10.6. The molecule has 2 aliphatic carbocycles. The molecule has 4 nitrogen and oxygen atoms in total. The monoisotopic (exact) mass is 388 g/mol. The summed E-state index contributed by atoms with van der Waals surface area (Å²) in [7, 11) is 1.76. The molecule has 8 atom stereocenters. The maximum atomic E-state index is 10.8. The van der Waals surface area contributed by atoms with E-state index in [1.165, 1.54) is 44.9 Å². The van der Waals surface area contributed by atoms with Crippen molar-refractivity contribution in [1.29, 1.82) is 0 Å². The summed E-state index contributed by atoms with van der Waals surface area (Å²) in [6.07, 6.45) is 10.5. The highest BCUT2D eigenvalue weighted by Crippen LogP contribution is 2.44. The Morgan fingerprint density at radius 2 is 1.69 bits per heavy atom. The van der Waals surface area contributed by atoms with E-state index in [2.05, 4.69) is 13.8 Å². The molecule has 3 aliphatic rings. The van der Waals surface area contributed by atoms with Gasteiger partial charge in [-0.2, -0.15) is 13.5 Å². The Morgan fingerprint density at radius 3 is 2.42 bits per heavy atom. The highest BCUT2D eigenvalue weighted by molar-refractivity contribution is 7.59. The van der Waals surface area contributed by atoms with Crippen molar-refractivity contribution in [3.63, 3.8) is 0 Å². The van der Waals surface area contributed by atoms with Crippen molar-refractivity contribution in [2.24, 2.45) is 23.7 Å². The number of aliphatic hydroxyl groups excluding tert-OH is 1. The van der Waals surface area contributed by atoms with E-state index in [9.17, 15) is 5.11 Å². The first kappa shape index (κ1) is 22.5. The lowest BCUT2D eigenvalue weighted by Crippen LogP contribution is -2.43. The van der Waals surface area contributed by atoms with Crippen LogP contribution < -0.4 is 0 Å². The van der Waals surface area contributed by atoms with Gasteiger partial charge in [0.2, 0.25) is 0 Å². The Balaban J connectivity index is 0.00000243. The van der Waals surface area contributed by atoms with Crippen LogP contribution in [0.4, 0.5) is 0 Å². The van der Waals surface area contributed by atoms with E-state index in [-0.39, 0.29) is 31.6 Å². The van der Waals surface area contributed by atoms with E-state index in [1.807, 2.05) is 0 Å². The Bertz CT molecular complexity index is 407.